The summed E-state index contributed by atoms with van der Waals surface area (Å²) >= 11 is 1.60. The fourth-order valence-corrected chi connectivity index (χ4v) is 2.51. The molecule has 3 N–H and O–H groups in total. The molecule has 5 nitrogen and oxygen atoms in total. The Morgan fingerprint density at radius 2 is 2.13 bits per heavy atom. The minimum absolute atomic E-state index is 0. The monoisotopic (exact) mass is 376 g/mol. The molecule has 1 heterocycles. The molecule has 8 heteroatoms. The molecule has 0 aliphatic rings. The van der Waals surface area contributed by atoms with Crippen LogP contribution in [-0.4, -0.2) is 28.9 Å². The van der Waals surface area contributed by atoms with Crippen molar-refractivity contribution in [3.8, 4) is 0 Å². The first-order valence-corrected chi connectivity index (χ1v) is 7.70. The second-order valence-electron chi connectivity index (χ2n) is 5.13. The summed E-state index contributed by atoms with van der Waals surface area (Å²) in [5.74, 6) is -0.178. The van der Waals surface area contributed by atoms with Crippen molar-refractivity contribution in [2.45, 2.75) is 26.1 Å². The largest absolute Gasteiger partial charge is 0.325 e. The third kappa shape index (κ3) is 7.28. The van der Waals surface area contributed by atoms with Crippen LogP contribution >= 0.6 is 36.2 Å². The van der Waals surface area contributed by atoms with E-state index in [1.165, 1.54) is 0 Å². The number of benzene rings is 1. The van der Waals surface area contributed by atoms with Crippen molar-refractivity contribution >= 4 is 47.7 Å². The molecule has 1 aromatic carbocycles. The molecule has 23 heavy (non-hydrogen) atoms. The van der Waals surface area contributed by atoms with Gasteiger partial charge in [-0.25, -0.2) is 4.98 Å². The molecular weight excluding hydrogens is 355 g/mol. The molecule has 0 saturated heterocycles. The average Bonchev–Trinajstić information content (AvgIpc) is 2.91. The summed E-state index contributed by atoms with van der Waals surface area (Å²) in [4.78, 5) is 18.1. The average molecular weight is 377 g/mol. The van der Waals surface area contributed by atoms with Gasteiger partial charge >= 0.3 is 0 Å². The first kappa shape index (κ1) is 21.8. The van der Waals surface area contributed by atoms with Crippen LogP contribution in [0.1, 0.15) is 18.2 Å². The zero-order chi connectivity index (χ0) is 15.2. The van der Waals surface area contributed by atoms with Crippen molar-refractivity contribution in [1.29, 1.82) is 0 Å². The summed E-state index contributed by atoms with van der Waals surface area (Å²) in [5, 5.41) is 4.86. The summed E-state index contributed by atoms with van der Waals surface area (Å²) < 4.78 is 0. The molecule has 1 amide bonds. The topological polar surface area (TPSA) is 71.2 Å². The van der Waals surface area contributed by atoms with Gasteiger partial charge in [-0.05, 0) is 31.7 Å². The van der Waals surface area contributed by atoms with Crippen LogP contribution in [0.3, 0.4) is 0 Å². The number of halogens is 2. The maximum absolute atomic E-state index is 11.6. The van der Waals surface area contributed by atoms with Gasteiger partial charge in [0.25, 0.3) is 0 Å². The van der Waals surface area contributed by atoms with E-state index in [0.717, 1.165) is 30.0 Å². The normalized spacial score (nSPS) is 11.3. The Morgan fingerprint density at radius 3 is 2.74 bits per heavy atom. The van der Waals surface area contributed by atoms with Gasteiger partial charge in [0.15, 0.2) is 0 Å². The van der Waals surface area contributed by atoms with Gasteiger partial charge in [-0.1, -0.05) is 12.1 Å². The highest BCUT2D eigenvalue weighted by atomic mass is 35.5. The van der Waals surface area contributed by atoms with Crippen molar-refractivity contribution in [3.63, 3.8) is 0 Å². The van der Waals surface area contributed by atoms with Gasteiger partial charge in [-0.15, -0.1) is 36.2 Å². The number of carbonyl (C=O) groups is 1. The van der Waals surface area contributed by atoms with Gasteiger partial charge < -0.3 is 11.1 Å². The Hall–Kier alpha value is -1.18. The third-order valence-corrected chi connectivity index (χ3v) is 3.61. The molecular formula is C15H22Cl2N4OS. The van der Waals surface area contributed by atoms with E-state index in [-0.39, 0.29) is 30.7 Å². The van der Waals surface area contributed by atoms with Crippen LogP contribution in [-0.2, 0) is 17.9 Å². The van der Waals surface area contributed by atoms with E-state index in [1.807, 2.05) is 36.8 Å². The number of nitrogens with zero attached hydrogens (tertiary/aromatic N) is 2. The van der Waals surface area contributed by atoms with Crippen LogP contribution in [0.15, 0.2) is 35.2 Å². The molecule has 0 aliphatic carbocycles. The number of amides is 1. The van der Waals surface area contributed by atoms with Crippen molar-refractivity contribution in [3.05, 3.63) is 46.4 Å². The van der Waals surface area contributed by atoms with Gasteiger partial charge in [0.1, 0.15) is 0 Å². The summed E-state index contributed by atoms with van der Waals surface area (Å²) in [6.45, 7) is 3.26. The quantitative estimate of drug-likeness (QED) is 0.812. The second-order valence-corrected chi connectivity index (χ2v) is 5.85. The van der Waals surface area contributed by atoms with Gasteiger partial charge in [0.2, 0.25) is 5.91 Å². The minimum Gasteiger partial charge on any atom is -0.325 e. The molecule has 0 fully saturated rings. The number of hydrogen-bond acceptors (Lipinski definition) is 5. The molecule has 1 atom stereocenters. The Kier molecular flexibility index (Phi) is 10.0. The Labute approximate surface area is 153 Å². The number of aromatic nitrogens is 1. The van der Waals surface area contributed by atoms with Gasteiger partial charge in [-0.2, -0.15) is 0 Å². The second kappa shape index (κ2) is 10.6. The zero-order valence-electron chi connectivity index (χ0n) is 13.1. The maximum Gasteiger partial charge on any atom is 0.240 e. The minimum atomic E-state index is -0.513. The van der Waals surface area contributed by atoms with E-state index < -0.39 is 6.04 Å². The molecule has 128 valence electrons. The van der Waals surface area contributed by atoms with Crippen LogP contribution in [0, 0.1) is 0 Å². The summed E-state index contributed by atoms with van der Waals surface area (Å²) in [6.07, 6.45) is 0. The highest BCUT2D eigenvalue weighted by Crippen LogP contribution is 2.14. The maximum atomic E-state index is 11.6. The SMILES string of the molecule is C[C@@H](N)C(=O)Nc1cccc(CN(C)Cc2cscn2)c1.Cl.Cl. The molecule has 0 spiro atoms. The number of carbonyl (C=O) groups excluding carboxylic acids is 1. The molecule has 0 aliphatic heterocycles. The van der Waals surface area contributed by atoms with Crippen molar-refractivity contribution in [2.75, 3.05) is 12.4 Å². The van der Waals surface area contributed by atoms with Crippen LogP contribution in [0.2, 0.25) is 0 Å². The molecule has 0 bridgehead atoms. The van der Waals surface area contributed by atoms with Crippen LogP contribution in [0.4, 0.5) is 5.69 Å². The summed E-state index contributed by atoms with van der Waals surface area (Å²) in [6, 6.07) is 7.30. The zero-order valence-corrected chi connectivity index (χ0v) is 15.5. The third-order valence-electron chi connectivity index (χ3n) is 2.98. The lowest BCUT2D eigenvalue weighted by atomic mass is 10.2. The van der Waals surface area contributed by atoms with E-state index in [2.05, 4.69) is 20.6 Å². The molecule has 1 aromatic heterocycles. The Balaban J connectivity index is 0.00000242. The lowest BCUT2D eigenvalue weighted by Gasteiger charge is -2.16. The van der Waals surface area contributed by atoms with Crippen LogP contribution in [0.25, 0.3) is 0 Å². The van der Waals surface area contributed by atoms with E-state index >= 15 is 0 Å². The standard InChI is InChI=1S/C15H20N4OS.2ClH/c1-11(16)15(20)18-13-5-3-4-12(6-13)7-19(2)8-14-9-21-10-17-14;;/h3-6,9-11H,7-8,16H2,1-2H3,(H,18,20);2*1H/t11-;;/m1../s1. The molecule has 0 unspecified atom stereocenters. The predicted molar refractivity (Wildman–Crippen MR) is 101 cm³/mol. The Bertz CT molecular complexity index is 593. The van der Waals surface area contributed by atoms with Gasteiger partial charge in [0.05, 0.1) is 17.2 Å². The fourth-order valence-electron chi connectivity index (χ4n) is 1.96. The van der Waals surface area contributed by atoms with Crippen LogP contribution < -0.4 is 11.1 Å². The number of thiazole rings is 1. The Morgan fingerprint density at radius 1 is 1.39 bits per heavy atom. The number of nitrogens with one attached hydrogen (secondary N) is 1. The number of hydrogen-bond donors (Lipinski definition) is 2. The molecule has 0 saturated carbocycles. The first-order chi connectivity index (χ1) is 10.0. The highest BCUT2D eigenvalue weighted by Gasteiger charge is 2.08. The smallest absolute Gasteiger partial charge is 0.240 e. The lowest BCUT2D eigenvalue weighted by Crippen LogP contribution is -2.32. The first-order valence-electron chi connectivity index (χ1n) is 6.75. The lowest BCUT2D eigenvalue weighted by molar-refractivity contribution is -0.117. The molecule has 2 aromatic rings. The van der Waals surface area contributed by atoms with E-state index in [1.54, 1.807) is 18.3 Å². The summed E-state index contributed by atoms with van der Waals surface area (Å²) in [5.41, 5.74) is 10.4. The van der Waals surface area contributed by atoms with Gasteiger partial charge in [-0.3, -0.25) is 9.69 Å². The molecule has 2 rings (SSSR count). The van der Waals surface area contributed by atoms with Crippen molar-refractivity contribution < 1.29 is 4.79 Å². The number of nitrogens with two attached hydrogens (primary N) is 1. The van der Waals surface area contributed by atoms with E-state index in [0.29, 0.717) is 0 Å². The number of rotatable bonds is 6. The highest BCUT2D eigenvalue weighted by molar-refractivity contribution is 7.07. The molecule has 0 radical (unpaired) electrons. The van der Waals surface area contributed by atoms with Gasteiger partial charge in [0, 0.05) is 24.2 Å². The van der Waals surface area contributed by atoms with E-state index in [9.17, 15) is 4.79 Å². The van der Waals surface area contributed by atoms with Crippen molar-refractivity contribution in [1.82, 2.24) is 9.88 Å². The fraction of sp³-hybridized carbons (Fsp3) is 0.333. The predicted octanol–water partition coefficient (Wildman–Crippen LogP) is 2.90. The van der Waals surface area contributed by atoms with Crippen LogP contribution in [0.5, 0.6) is 0 Å². The van der Waals surface area contributed by atoms with Crippen molar-refractivity contribution in [2.24, 2.45) is 5.73 Å². The number of anilines is 1. The summed E-state index contributed by atoms with van der Waals surface area (Å²) in [7, 11) is 2.05. The van der Waals surface area contributed by atoms with E-state index in [4.69, 9.17) is 5.73 Å².